The van der Waals surface area contributed by atoms with E-state index in [2.05, 4.69) is 20.4 Å². The Morgan fingerprint density at radius 3 is 2.64 bits per heavy atom. The maximum Gasteiger partial charge on any atom is 0.337 e. The minimum atomic E-state index is -0.958. The summed E-state index contributed by atoms with van der Waals surface area (Å²) >= 11 is 0. The van der Waals surface area contributed by atoms with Gasteiger partial charge >= 0.3 is 17.9 Å². The van der Waals surface area contributed by atoms with Crippen molar-refractivity contribution in [1.29, 1.82) is 0 Å². The Hall–Kier alpha value is -2.19. The quantitative estimate of drug-likeness (QED) is 0.305. The fourth-order valence-electron chi connectivity index (χ4n) is 7.11. The molecule has 0 bridgehead atoms. The second kappa shape index (κ2) is 9.93. The lowest BCUT2D eigenvalue weighted by atomic mass is 9.46. The van der Waals surface area contributed by atoms with Crippen molar-refractivity contribution in [2.75, 3.05) is 13.2 Å². The molecular weight excluding hydrogens is 464 g/mol. The molecular formula is C28H40O8. The number of carbonyl (C=O) groups excluding carboxylic acids is 2. The summed E-state index contributed by atoms with van der Waals surface area (Å²) in [6, 6.07) is 0. The molecule has 1 N–H and O–H groups in total. The third kappa shape index (κ3) is 5.12. The van der Waals surface area contributed by atoms with Crippen molar-refractivity contribution in [3.05, 3.63) is 23.8 Å². The monoisotopic (exact) mass is 504 g/mol. The van der Waals surface area contributed by atoms with Crippen molar-refractivity contribution in [1.82, 2.24) is 0 Å². The first-order valence-corrected chi connectivity index (χ1v) is 13.1. The van der Waals surface area contributed by atoms with Crippen molar-refractivity contribution in [2.24, 2.45) is 22.7 Å². The van der Waals surface area contributed by atoms with E-state index in [4.69, 9.17) is 24.1 Å². The van der Waals surface area contributed by atoms with Gasteiger partial charge in [-0.2, -0.15) is 0 Å². The number of rotatable bonds is 7. The fourth-order valence-corrected chi connectivity index (χ4v) is 7.11. The topological polar surface area (TPSA) is 108 Å². The zero-order valence-corrected chi connectivity index (χ0v) is 22.0. The Labute approximate surface area is 213 Å². The molecule has 0 unspecified atom stereocenters. The maximum absolute atomic E-state index is 12.5. The van der Waals surface area contributed by atoms with E-state index >= 15 is 0 Å². The van der Waals surface area contributed by atoms with Crippen LogP contribution in [0.1, 0.15) is 79.1 Å². The molecule has 2 aliphatic heterocycles. The van der Waals surface area contributed by atoms with Crippen molar-refractivity contribution >= 4 is 17.9 Å². The summed E-state index contributed by atoms with van der Waals surface area (Å²) in [6.07, 6.45) is 5.90. The summed E-state index contributed by atoms with van der Waals surface area (Å²) in [7, 11) is 0. The number of hydrogen-bond acceptors (Lipinski definition) is 7. The van der Waals surface area contributed by atoms with Crippen molar-refractivity contribution in [3.8, 4) is 0 Å². The fraction of sp³-hybridized carbons (Fsp3) is 0.750. The first-order valence-electron chi connectivity index (χ1n) is 13.1. The minimum Gasteiger partial charge on any atom is -0.481 e. The van der Waals surface area contributed by atoms with E-state index in [-0.39, 0.29) is 48.7 Å². The molecule has 2 saturated heterocycles. The molecule has 0 amide bonds. The van der Waals surface area contributed by atoms with Crippen LogP contribution in [0.5, 0.6) is 0 Å². The van der Waals surface area contributed by atoms with Gasteiger partial charge in [0.15, 0.2) is 11.9 Å². The highest BCUT2D eigenvalue weighted by atomic mass is 16.7. The maximum atomic E-state index is 12.5. The number of aliphatic carboxylic acids is 1. The molecule has 0 aromatic carbocycles. The van der Waals surface area contributed by atoms with Gasteiger partial charge in [-0.1, -0.05) is 32.1 Å². The normalized spacial score (nSPS) is 38.7. The molecule has 0 spiro atoms. The van der Waals surface area contributed by atoms with Crippen molar-refractivity contribution < 1.29 is 38.4 Å². The van der Waals surface area contributed by atoms with Gasteiger partial charge in [0.05, 0.1) is 18.3 Å². The van der Waals surface area contributed by atoms with Crippen LogP contribution in [-0.4, -0.2) is 54.2 Å². The highest BCUT2D eigenvalue weighted by Gasteiger charge is 2.60. The first kappa shape index (κ1) is 26.9. The highest BCUT2D eigenvalue weighted by Crippen LogP contribution is 2.63. The third-order valence-electron chi connectivity index (χ3n) is 9.04. The Bertz CT molecular complexity index is 951. The number of ether oxygens (including phenoxy) is 4. The van der Waals surface area contributed by atoms with E-state index in [1.54, 1.807) is 0 Å². The van der Waals surface area contributed by atoms with E-state index in [1.165, 1.54) is 5.57 Å². The van der Waals surface area contributed by atoms with Crippen LogP contribution in [0.15, 0.2) is 23.8 Å². The molecule has 2 aliphatic carbocycles. The Morgan fingerprint density at radius 2 is 1.92 bits per heavy atom. The predicted octanol–water partition coefficient (Wildman–Crippen LogP) is 4.57. The molecule has 36 heavy (non-hydrogen) atoms. The average Bonchev–Trinajstić information content (AvgIpc) is 3.12. The van der Waals surface area contributed by atoms with Gasteiger partial charge in [0, 0.05) is 18.3 Å². The molecule has 4 aliphatic rings. The molecule has 6 atom stereocenters. The Kier molecular flexibility index (Phi) is 7.41. The van der Waals surface area contributed by atoms with Gasteiger partial charge in [0.25, 0.3) is 0 Å². The average molecular weight is 505 g/mol. The number of esters is 2. The number of fused-ring (bicyclic) bond motifs is 3. The van der Waals surface area contributed by atoms with E-state index < -0.39 is 29.8 Å². The number of carboxylic acid groups (broad SMARTS) is 1. The van der Waals surface area contributed by atoms with Crippen LogP contribution in [0.3, 0.4) is 0 Å². The SMILES string of the molecule is C=C1CC[C@@H]2[C@]3(C)COC(C)(C)O[C@@H]3CC[C@@]2(C)[C@@H]1C/C=C1/C(=O)OC[C@H]1OC(=O)CCCC(=O)O. The lowest BCUT2D eigenvalue weighted by Gasteiger charge is -2.63. The molecule has 200 valence electrons. The lowest BCUT2D eigenvalue weighted by Crippen LogP contribution is -2.62. The van der Waals surface area contributed by atoms with Gasteiger partial charge in [0.1, 0.15) is 6.61 Å². The van der Waals surface area contributed by atoms with Crippen LogP contribution in [-0.2, 0) is 33.3 Å². The van der Waals surface area contributed by atoms with Crippen molar-refractivity contribution in [2.45, 2.75) is 97.1 Å². The van der Waals surface area contributed by atoms with Crippen LogP contribution in [0, 0.1) is 22.7 Å². The molecule has 2 saturated carbocycles. The molecule has 0 radical (unpaired) electrons. The van der Waals surface area contributed by atoms with Gasteiger partial charge < -0.3 is 24.1 Å². The lowest BCUT2D eigenvalue weighted by molar-refractivity contribution is -0.344. The van der Waals surface area contributed by atoms with Crippen molar-refractivity contribution in [3.63, 3.8) is 0 Å². The van der Waals surface area contributed by atoms with Gasteiger partial charge in [-0.15, -0.1) is 0 Å². The summed E-state index contributed by atoms with van der Waals surface area (Å²) in [5.41, 5.74) is 1.46. The molecule has 4 fully saturated rings. The van der Waals surface area contributed by atoms with Gasteiger partial charge in [-0.3, -0.25) is 9.59 Å². The first-order chi connectivity index (χ1) is 16.9. The third-order valence-corrected chi connectivity index (χ3v) is 9.04. The van der Waals surface area contributed by atoms with Crippen LogP contribution >= 0.6 is 0 Å². The summed E-state index contributed by atoms with van der Waals surface area (Å²) < 4.78 is 23.2. The minimum absolute atomic E-state index is 0.00887. The molecule has 0 aromatic rings. The van der Waals surface area contributed by atoms with Crippen LogP contribution in [0.4, 0.5) is 0 Å². The summed E-state index contributed by atoms with van der Waals surface area (Å²) in [5, 5.41) is 8.76. The molecule has 8 heteroatoms. The number of carboxylic acids is 1. The highest BCUT2D eigenvalue weighted by molar-refractivity contribution is 5.92. The van der Waals surface area contributed by atoms with E-state index in [9.17, 15) is 14.4 Å². The molecule has 8 nitrogen and oxygen atoms in total. The van der Waals surface area contributed by atoms with Crippen LogP contribution in [0.2, 0.25) is 0 Å². The van der Waals surface area contributed by atoms with Gasteiger partial charge in [-0.25, -0.2) is 4.79 Å². The smallest absolute Gasteiger partial charge is 0.337 e. The second-order valence-electron chi connectivity index (χ2n) is 11.9. The summed E-state index contributed by atoms with van der Waals surface area (Å²) in [5.74, 6) is -1.94. The molecule has 4 rings (SSSR count). The zero-order chi connectivity index (χ0) is 26.3. The van der Waals surface area contributed by atoms with Crippen LogP contribution in [0.25, 0.3) is 0 Å². The van der Waals surface area contributed by atoms with E-state index in [0.29, 0.717) is 24.5 Å². The van der Waals surface area contributed by atoms with Gasteiger partial charge in [-0.05, 0) is 69.6 Å². The Balaban J connectivity index is 1.48. The van der Waals surface area contributed by atoms with E-state index in [1.807, 2.05) is 19.9 Å². The predicted molar refractivity (Wildman–Crippen MR) is 131 cm³/mol. The number of hydrogen-bond donors (Lipinski definition) is 1. The number of carbonyl (C=O) groups is 3. The molecule has 0 aromatic heterocycles. The summed E-state index contributed by atoms with van der Waals surface area (Å²) in [6.45, 7) is 13.7. The molecule has 2 heterocycles. The second-order valence-corrected chi connectivity index (χ2v) is 11.9. The zero-order valence-electron chi connectivity index (χ0n) is 22.0. The standard InChI is InChI=1S/C28H40O8/c1-17-9-12-21-27(4,14-13-22-28(21,5)16-34-26(2,3)36-22)19(17)11-10-18-20(15-33-25(18)32)35-24(31)8-6-7-23(29)30/h10,19-22H,1,6-9,11-16H2,2-5H3,(H,29,30)/b18-10+/t19-,20-,21+,22-,27+,28+/m1/s1. The largest absolute Gasteiger partial charge is 0.481 e. The van der Waals surface area contributed by atoms with Crippen LogP contribution < -0.4 is 0 Å². The van der Waals surface area contributed by atoms with E-state index in [0.717, 1.165) is 25.7 Å². The summed E-state index contributed by atoms with van der Waals surface area (Å²) in [4.78, 5) is 35.4. The number of allylic oxidation sites excluding steroid dienone is 2. The number of cyclic esters (lactones) is 1. The Morgan fingerprint density at radius 1 is 1.17 bits per heavy atom. The van der Waals surface area contributed by atoms with Gasteiger partial charge in [0.2, 0.25) is 0 Å².